The Balaban J connectivity index is 1.82. The number of nitro groups is 1. The fourth-order valence-corrected chi connectivity index (χ4v) is 1.92. The summed E-state index contributed by atoms with van der Waals surface area (Å²) in [7, 11) is 0. The number of hydrogen-bond acceptors (Lipinski definition) is 5. The van der Waals surface area contributed by atoms with Gasteiger partial charge in [0.25, 0.3) is 17.5 Å². The number of amides is 2. The van der Waals surface area contributed by atoms with E-state index in [0.29, 0.717) is 0 Å². The third-order valence-corrected chi connectivity index (χ3v) is 3.22. The first-order valence-electron chi connectivity index (χ1n) is 7.20. The van der Waals surface area contributed by atoms with Gasteiger partial charge in [0.2, 0.25) is 0 Å². The van der Waals surface area contributed by atoms with Crippen LogP contribution < -0.4 is 16.2 Å². The molecule has 0 aromatic heterocycles. The number of carbonyl (C=O) groups excluding carboxylic acids is 2. The Morgan fingerprint density at radius 3 is 2.40 bits per heavy atom. The maximum Gasteiger partial charge on any atom is 0.269 e. The summed E-state index contributed by atoms with van der Waals surface area (Å²) in [4.78, 5) is 33.5. The van der Waals surface area contributed by atoms with Gasteiger partial charge in [-0.3, -0.25) is 30.6 Å². The minimum Gasteiger partial charge on any atom is -0.374 e. The van der Waals surface area contributed by atoms with E-state index in [1.165, 1.54) is 36.4 Å². The molecule has 0 aliphatic rings. The zero-order chi connectivity index (χ0) is 18.4. The van der Waals surface area contributed by atoms with Crippen LogP contribution in [0.25, 0.3) is 0 Å². The van der Waals surface area contributed by atoms with Crippen LogP contribution in [0.2, 0.25) is 0 Å². The topological polar surface area (TPSA) is 113 Å². The first-order chi connectivity index (χ1) is 11.9. The van der Waals surface area contributed by atoms with Crippen LogP contribution in [0.1, 0.15) is 15.9 Å². The minimum atomic E-state index is -0.634. The first kappa shape index (κ1) is 17.9. The third-order valence-electron chi connectivity index (χ3n) is 3.22. The molecule has 2 aromatic carbocycles. The molecule has 0 fully saturated rings. The molecule has 0 saturated heterocycles. The molecular formula is C16H15FN4O4. The molecule has 0 aliphatic carbocycles. The average molecular weight is 346 g/mol. The number of rotatable bonds is 5. The van der Waals surface area contributed by atoms with Gasteiger partial charge in [-0.05, 0) is 36.8 Å². The van der Waals surface area contributed by atoms with Gasteiger partial charge in [0.15, 0.2) is 0 Å². The van der Waals surface area contributed by atoms with Gasteiger partial charge in [-0.15, -0.1) is 0 Å². The highest BCUT2D eigenvalue weighted by Crippen LogP contribution is 2.14. The molecule has 3 N–H and O–H groups in total. The summed E-state index contributed by atoms with van der Waals surface area (Å²) in [6, 6.07) is 9.42. The molecule has 2 amide bonds. The Hall–Kier alpha value is -3.49. The lowest BCUT2D eigenvalue weighted by molar-refractivity contribution is -0.384. The van der Waals surface area contributed by atoms with E-state index in [1.54, 1.807) is 13.0 Å². The lowest BCUT2D eigenvalue weighted by atomic mass is 10.2. The lowest BCUT2D eigenvalue weighted by Crippen LogP contribution is -2.44. The molecule has 9 heteroatoms. The van der Waals surface area contributed by atoms with E-state index in [-0.39, 0.29) is 23.5 Å². The highest BCUT2D eigenvalue weighted by Gasteiger charge is 2.11. The number of anilines is 1. The second-order valence-corrected chi connectivity index (χ2v) is 5.14. The highest BCUT2D eigenvalue weighted by atomic mass is 19.1. The molecule has 2 rings (SSSR count). The standard InChI is InChI=1S/C16H15FN4O4/c1-10-2-7-14(13(17)8-10)18-9-15(22)19-20-16(23)11-3-5-12(6-4-11)21(24)25/h2-8,18H,9H2,1H3,(H,19,22)(H,20,23). The summed E-state index contributed by atoms with van der Waals surface area (Å²) in [5.41, 5.74) is 5.24. The second-order valence-electron chi connectivity index (χ2n) is 5.14. The van der Waals surface area contributed by atoms with Gasteiger partial charge >= 0.3 is 0 Å². The van der Waals surface area contributed by atoms with Crippen LogP contribution in [0.4, 0.5) is 15.8 Å². The number of non-ortho nitro benzene ring substituents is 1. The van der Waals surface area contributed by atoms with E-state index in [0.717, 1.165) is 5.56 Å². The molecule has 2 aromatic rings. The van der Waals surface area contributed by atoms with Crippen molar-refractivity contribution in [1.82, 2.24) is 10.9 Å². The smallest absolute Gasteiger partial charge is 0.269 e. The van der Waals surface area contributed by atoms with Crippen molar-refractivity contribution in [2.75, 3.05) is 11.9 Å². The van der Waals surface area contributed by atoms with Gasteiger partial charge in [0.05, 0.1) is 17.2 Å². The maximum absolute atomic E-state index is 13.6. The van der Waals surface area contributed by atoms with Crippen LogP contribution in [0.5, 0.6) is 0 Å². The molecule has 0 spiro atoms. The molecule has 0 unspecified atom stereocenters. The van der Waals surface area contributed by atoms with E-state index >= 15 is 0 Å². The van der Waals surface area contributed by atoms with Crippen molar-refractivity contribution < 1.29 is 18.9 Å². The van der Waals surface area contributed by atoms with Crippen molar-refractivity contribution in [3.63, 3.8) is 0 Å². The number of halogens is 1. The van der Waals surface area contributed by atoms with Crippen molar-refractivity contribution in [3.05, 3.63) is 69.5 Å². The maximum atomic E-state index is 13.6. The SMILES string of the molecule is Cc1ccc(NCC(=O)NNC(=O)c2ccc([N+](=O)[O-])cc2)c(F)c1. The summed E-state index contributed by atoms with van der Waals surface area (Å²) in [5, 5.41) is 13.2. The summed E-state index contributed by atoms with van der Waals surface area (Å²) in [5.74, 6) is -1.71. The quantitative estimate of drug-likeness (QED) is 0.565. The van der Waals surface area contributed by atoms with Crippen LogP contribution in [-0.2, 0) is 4.79 Å². The average Bonchev–Trinajstić information content (AvgIpc) is 2.59. The number of nitrogens with zero attached hydrogens (tertiary/aromatic N) is 1. The number of nitro benzene ring substituents is 1. The van der Waals surface area contributed by atoms with Gasteiger partial charge in [0, 0.05) is 17.7 Å². The van der Waals surface area contributed by atoms with Crippen molar-refractivity contribution in [3.8, 4) is 0 Å². The van der Waals surface area contributed by atoms with E-state index in [2.05, 4.69) is 16.2 Å². The summed E-state index contributed by atoms with van der Waals surface area (Å²) in [6.07, 6.45) is 0. The minimum absolute atomic E-state index is 0.142. The fourth-order valence-electron chi connectivity index (χ4n) is 1.92. The molecule has 0 saturated carbocycles. The zero-order valence-corrected chi connectivity index (χ0v) is 13.2. The first-order valence-corrected chi connectivity index (χ1v) is 7.20. The van der Waals surface area contributed by atoms with Crippen molar-refractivity contribution >= 4 is 23.2 Å². The second kappa shape index (κ2) is 7.86. The normalized spacial score (nSPS) is 10.0. The molecule has 0 radical (unpaired) electrons. The number of aryl methyl sites for hydroxylation is 1. The third kappa shape index (κ3) is 4.99. The molecular weight excluding hydrogens is 331 g/mol. The summed E-state index contributed by atoms with van der Waals surface area (Å²) < 4.78 is 13.6. The number of hydrazine groups is 1. The zero-order valence-electron chi connectivity index (χ0n) is 13.2. The molecule has 0 aliphatic heterocycles. The molecule has 0 atom stereocenters. The largest absolute Gasteiger partial charge is 0.374 e. The molecule has 8 nitrogen and oxygen atoms in total. The van der Waals surface area contributed by atoms with Crippen LogP contribution in [0.15, 0.2) is 42.5 Å². The molecule has 25 heavy (non-hydrogen) atoms. The van der Waals surface area contributed by atoms with E-state index in [9.17, 15) is 24.1 Å². The molecule has 0 heterocycles. The van der Waals surface area contributed by atoms with Gasteiger partial charge in [-0.1, -0.05) is 6.07 Å². The fraction of sp³-hybridized carbons (Fsp3) is 0.125. The number of carbonyl (C=O) groups is 2. The highest BCUT2D eigenvalue weighted by molar-refractivity contribution is 5.95. The Bertz CT molecular complexity index is 808. The van der Waals surface area contributed by atoms with Crippen molar-refractivity contribution in [1.29, 1.82) is 0 Å². The van der Waals surface area contributed by atoms with Gasteiger partial charge in [-0.2, -0.15) is 0 Å². The Labute approximate surface area is 142 Å². The molecule has 130 valence electrons. The predicted molar refractivity (Wildman–Crippen MR) is 88.3 cm³/mol. The summed E-state index contributed by atoms with van der Waals surface area (Å²) >= 11 is 0. The van der Waals surface area contributed by atoms with E-state index in [4.69, 9.17) is 0 Å². The van der Waals surface area contributed by atoms with Crippen molar-refractivity contribution in [2.24, 2.45) is 0 Å². The van der Waals surface area contributed by atoms with Gasteiger partial charge < -0.3 is 5.32 Å². The van der Waals surface area contributed by atoms with Crippen LogP contribution in [-0.4, -0.2) is 23.3 Å². The lowest BCUT2D eigenvalue weighted by Gasteiger charge is -2.10. The predicted octanol–water partition coefficient (Wildman–Crippen LogP) is 1.92. The number of benzene rings is 2. The Morgan fingerprint density at radius 1 is 1.12 bits per heavy atom. The number of hydrogen-bond donors (Lipinski definition) is 3. The summed E-state index contributed by atoms with van der Waals surface area (Å²) in [6.45, 7) is 1.49. The van der Waals surface area contributed by atoms with Crippen LogP contribution >= 0.6 is 0 Å². The Morgan fingerprint density at radius 2 is 1.80 bits per heavy atom. The van der Waals surface area contributed by atoms with Crippen LogP contribution in [0, 0.1) is 22.9 Å². The monoisotopic (exact) mass is 346 g/mol. The van der Waals surface area contributed by atoms with E-state index < -0.39 is 22.6 Å². The van der Waals surface area contributed by atoms with Gasteiger partial charge in [0.1, 0.15) is 5.82 Å². The van der Waals surface area contributed by atoms with Crippen molar-refractivity contribution in [2.45, 2.75) is 6.92 Å². The molecule has 0 bridgehead atoms. The Kier molecular flexibility index (Phi) is 5.62. The van der Waals surface area contributed by atoms with E-state index in [1.807, 2.05) is 0 Å². The van der Waals surface area contributed by atoms with Crippen LogP contribution in [0.3, 0.4) is 0 Å². The number of nitrogens with one attached hydrogen (secondary N) is 3. The van der Waals surface area contributed by atoms with Gasteiger partial charge in [-0.25, -0.2) is 4.39 Å².